The minimum atomic E-state index is -0.135. The normalized spacial score (nSPS) is 12.0. The summed E-state index contributed by atoms with van der Waals surface area (Å²) in [7, 11) is 3.99. The molecule has 1 amide bonds. The Morgan fingerprint density at radius 2 is 1.61 bits per heavy atom. The van der Waals surface area contributed by atoms with Crippen LogP contribution in [0, 0.1) is 0 Å². The van der Waals surface area contributed by atoms with Gasteiger partial charge in [-0.1, -0.05) is 30.3 Å². The first-order chi connectivity index (χ1) is 11.0. The molecule has 0 fully saturated rings. The molecule has 4 heteroatoms. The maximum absolute atomic E-state index is 12.8. The number of Topliss-reactive ketones (excluding diaryl/α,β-unsaturated/α-hetero) is 1. The molecule has 1 atom stereocenters. The Morgan fingerprint density at radius 3 is 2.13 bits per heavy atom. The Labute approximate surface area is 137 Å². The number of hydrogen-bond donors (Lipinski definition) is 2. The lowest BCUT2D eigenvalue weighted by atomic mass is 9.96. The lowest BCUT2D eigenvalue weighted by Gasteiger charge is -2.20. The summed E-state index contributed by atoms with van der Waals surface area (Å²) in [6.45, 7) is 1.46. The molecule has 0 unspecified atom stereocenters. The van der Waals surface area contributed by atoms with Gasteiger partial charge >= 0.3 is 0 Å². The molecule has 0 aliphatic rings. The van der Waals surface area contributed by atoms with Gasteiger partial charge in [0.25, 0.3) is 0 Å². The van der Waals surface area contributed by atoms with E-state index in [9.17, 15) is 9.59 Å². The molecule has 120 valence electrons. The lowest BCUT2D eigenvalue weighted by Crippen LogP contribution is -3.11. The second kappa shape index (κ2) is 7.70. The minimum Gasteiger partial charge on any atom is -0.331 e. The van der Waals surface area contributed by atoms with Crippen LogP contribution in [-0.2, 0) is 11.2 Å². The predicted molar refractivity (Wildman–Crippen MR) is 91.8 cm³/mol. The Kier molecular flexibility index (Phi) is 5.66. The molecule has 0 aliphatic carbocycles. The summed E-state index contributed by atoms with van der Waals surface area (Å²) in [6.07, 6.45) is 0.704. The molecule has 0 aliphatic heterocycles. The molecule has 23 heavy (non-hydrogen) atoms. The van der Waals surface area contributed by atoms with Crippen LogP contribution in [0.25, 0.3) is 0 Å². The number of carbonyl (C=O) groups excluding carboxylic acids is 2. The first kappa shape index (κ1) is 16.9. The number of amides is 1. The largest absolute Gasteiger partial charge is 0.331 e. The number of likely N-dealkylation sites (N-methyl/N-ethyl adjacent to an activating group) is 1. The number of ketones is 1. The first-order valence-corrected chi connectivity index (χ1v) is 7.73. The van der Waals surface area contributed by atoms with Crippen LogP contribution in [0.15, 0.2) is 54.6 Å². The van der Waals surface area contributed by atoms with Gasteiger partial charge in [0.2, 0.25) is 11.7 Å². The number of quaternary nitrogens is 1. The number of rotatable bonds is 6. The molecule has 4 nitrogen and oxygen atoms in total. The van der Waals surface area contributed by atoms with Crippen LogP contribution in [0.4, 0.5) is 5.69 Å². The summed E-state index contributed by atoms with van der Waals surface area (Å²) in [4.78, 5) is 25.0. The van der Waals surface area contributed by atoms with Gasteiger partial charge in [0.15, 0.2) is 6.04 Å². The molecule has 2 aromatic carbocycles. The van der Waals surface area contributed by atoms with Crippen LogP contribution in [0.5, 0.6) is 0 Å². The second-order valence-electron chi connectivity index (χ2n) is 5.94. The van der Waals surface area contributed by atoms with Gasteiger partial charge in [-0.2, -0.15) is 0 Å². The molecule has 0 radical (unpaired) electrons. The van der Waals surface area contributed by atoms with E-state index in [0.29, 0.717) is 17.7 Å². The molecular formula is C19H23N2O2+. The van der Waals surface area contributed by atoms with Crippen LogP contribution in [0.3, 0.4) is 0 Å². The van der Waals surface area contributed by atoms with Crippen LogP contribution in [0.1, 0.15) is 22.8 Å². The van der Waals surface area contributed by atoms with E-state index in [1.165, 1.54) is 6.92 Å². The smallest absolute Gasteiger partial charge is 0.221 e. The highest BCUT2D eigenvalue weighted by Gasteiger charge is 2.26. The van der Waals surface area contributed by atoms with Crippen LogP contribution >= 0.6 is 0 Å². The summed E-state index contributed by atoms with van der Waals surface area (Å²) < 4.78 is 0. The van der Waals surface area contributed by atoms with Crippen molar-refractivity contribution in [3.63, 3.8) is 0 Å². The zero-order chi connectivity index (χ0) is 16.8. The average Bonchev–Trinajstić information content (AvgIpc) is 2.53. The highest BCUT2D eigenvalue weighted by atomic mass is 16.1. The maximum Gasteiger partial charge on any atom is 0.221 e. The van der Waals surface area contributed by atoms with Crippen molar-refractivity contribution in [1.82, 2.24) is 0 Å². The Hall–Kier alpha value is -2.46. The average molecular weight is 311 g/mol. The van der Waals surface area contributed by atoms with Gasteiger partial charge in [-0.05, 0) is 29.8 Å². The third-order valence-corrected chi connectivity index (χ3v) is 3.79. The van der Waals surface area contributed by atoms with E-state index in [2.05, 4.69) is 5.32 Å². The Bertz CT molecular complexity index is 664. The fourth-order valence-electron chi connectivity index (χ4n) is 2.53. The topological polar surface area (TPSA) is 50.6 Å². The van der Waals surface area contributed by atoms with Crippen LogP contribution in [0.2, 0.25) is 0 Å². The number of hydrogen-bond acceptors (Lipinski definition) is 2. The van der Waals surface area contributed by atoms with Gasteiger partial charge in [0.05, 0.1) is 14.1 Å². The van der Waals surface area contributed by atoms with Crippen molar-refractivity contribution in [2.24, 2.45) is 0 Å². The maximum atomic E-state index is 12.8. The zero-order valence-electron chi connectivity index (χ0n) is 13.8. The van der Waals surface area contributed by atoms with Gasteiger partial charge in [-0.15, -0.1) is 0 Å². The first-order valence-electron chi connectivity index (χ1n) is 7.73. The van der Waals surface area contributed by atoms with Crippen molar-refractivity contribution >= 4 is 17.4 Å². The van der Waals surface area contributed by atoms with Crippen molar-refractivity contribution in [1.29, 1.82) is 0 Å². The number of carbonyl (C=O) groups is 2. The molecule has 0 bridgehead atoms. The van der Waals surface area contributed by atoms with Crippen LogP contribution < -0.4 is 10.2 Å². The number of anilines is 1. The van der Waals surface area contributed by atoms with Gasteiger partial charge in [0, 0.05) is 24.6 Å². The monoisotopic (exact) mass is 311 g/mol. The molecule has 0 heterocycles. The fourth-order valence-corrected chi connectivity index (χ4v) is 2.53. The highest BCUT2D eigenvalue weighted by molar-refractivity contribution is 6.00. The van der Waals surface area contributed by atoms with E-state index in [1.807, 2.05) is 44.4 Å². The highest BCUT2D eigenvalue weighted by Crippen LogP contribution is 2.12. The van der Waals surface area contributed by atoms with Gasteiger partial charge in [-0.25, -0.2) is 0 Å². The zero-order valence-corrected chi connectivity index (χ0v) is 13.8. The Morgan fingerprint density at radius 1 is 1.00 bits per heavy atom. The molecule has 0 aromatic heterocycles. The van der Waals surface area contributed by atoms with Gasteiger partial charge < -0.3 is 10.2 Å². The summed E-state index contributed by atoms with van der Waals surface area (Å²) in [5.74, 6) is -0.00741. The molecule has 2 aromatic rings. The van der Waals surface area contributed by atoms with E-state index in [1.54, 1.807) is 24.3 Å². The van der Waals surface area contributed by atoms with Crippen molar-refractivity contribution in [3.05, 3.63) is 65.7 Å². The van der Waals surface area contributed by atoms with E-state index in [-0.39, 0.29) is 17.7 Å². The van der Waals surface area contributed by atoms with Crippen molar-refractivity contribution in [2.75, 3.05) is 19.4 Å². The summed E-state index contributed by atoms with van der Waals surface area (Å²) >= 11 is 0. The standard InChI is InChI=1S/C19H22N2O2/c1-14(22)20-17-11-9-16(10-12-17)19(23)18(21(2)3)13-15-7-5-4-6-8-15/h4-12,18H,13H2,1-3H3,(H,20,22)/p+1/t18-/m1/s1. The predicted octanol–water partition coefficient (Wildman–Crippen LogP) is 1.58. The second-order valence-corrected chi connectivity index (χ2v) is 5.94. The van der Waals surface area contributed by atoms with E-state index >= 15 is 0 Å². The summed E-state index contributed by atoms with van der Waals surface area (Å²) in [5.41, 5.74) is 2.52. The van der Waals surface area contributed by atoms with Crippen molar-refractivity contribution in [3.8, 4) is 0 Å². The van der Waals surface area contributed by atoms with E-state index in [0.717, 1.165) is 10.5 Å². The molecule has 0 saturated heterocycles. The van der Waals surface area contributed by atoms with Gasteiger partial charge in [-0.3, -0.25) is 9.59 Å². The third-order valence-electron chi connectivity index (χ3n) is 3.79. The molecule has 2 rings (SSSR count). The summed E-state index contributed by atoms with van der Waals surface area (Å²) in [5, 5.41) is 2.71. The molecule has 2 N–H and O–H groups in total. The van der Waals surface area contributed by atoms with Gasteiger partial charge in [0.1, 0.15) is 0 Å². The van der Waals surface area contributed by atoms with E-state index < -0.39 is 0 Å². The molecule has 0 saturated carbocycles. The fraction of sp³-hybridized carbons (Fsp3) is 0.263. The lowest BCUT2D eigenvalue weighted by molar-refractivity contribution is -0.874. The molecular weight excluding hydrogens is 288 g/mol. The van der Waals surface area contributed by atoms with Crippen LogP contribution in [-0.4, -0.2) is 31.8 Å². The third kappa shape index (κ3) is 4.76. The number of benzene rings is 2. The SMILES string of the molecule is CC(=O)Nc1ccc(C(=O)[C@@H](Cc2ccccc2)[NH+](C)C)cc1. The number of nitrogens with one attached hydrogen (secondary N) is 2. The quantitative estimate of drug-likeness (QED) is 0.796. The van der Waals surface area contributed by atoms with Crippen molar-refractivity contribution in [2.45, 2.75) is 19.4 Å². The van der Waals surface area contributed by atoms with E-state index in [4.69, 9.17) is 0 Å². The minimum absolute atomic E-state index is 0.114. The summed E-state index contributed by atoms with van der Waals surface area (Å²) in [6, 6.07) is 17.0. The molecule has 0 spiro atoms. The van der Waals surface area contributed by atoms with Crippen molar-refractivity contribution < 1.29 is 14.5 Å². The Balaban J connectivity index is 2.16.